The summed E-state index contributed by atoms with van der Waals surface area (Å²) in [6, 6.07) is 0.873. The van der Waals surface area contributed by atoms with E-state index in [0.29, 0.717) is 0 Å². The molecule has 0 aliphatic carbocycles. The fraction of sp³-hybridized carbons (Fsp3) is 0.846. The lowest BCUT2D eigenvalue weighted by Crippen LogP contribution is -2.36. The summed E-state index contributed by atoms with van der Waals surface area (Å²) in [5.41, 5.74) is 0. The highest BCUT2D eigenvalue weighted by Gasteiger charge is 2.27. The predicted molar refractivity (Wildman–Crippen MR) is 65.1 cm³/mol. The third-order valence-corrected chi connectivity index (χ3v) is 3.74. The average molecular weight is 208 g/mol. The largest absolute Gasteiger partial charge is 0.301 e. The van der Waals surface area contributed by atoms with Crippen molar-refractivity contribution in [2.75, 3.05) is 32.7 Å². The molecule has 0 aromatic heterocycles. The van der Waals surface area contributed by atoms with Crippen LogP contribution >= 0.6 is 0 Å². The van der Waals surface area contributed by atoms with Crippen molar-refractivity contribution in [2.45, 2.75) is 38.6 Å². The lowest BCUT2D eigenvalue weighted by atomic mass is 10.2. The minimum Gasteiger partial charge on any atom is -0.301 e. The van der Waals surface area contributed by atoms with Crippen molar-refractivity contribution in [3.05, 3.63) is 12.2 Å². The van der Waals surface area contributed by atoms with Crippen molar-refractivity contribution in [2.24, 2.45) is 0 Å². The summed E-state index contributed by atoms with van der Waals surface area (Å²) >= 11 is 0. The Hall–Kier alpha value is -0.340. The van der Waals surface area contributed by atoms with E-state index in [2.05, 4.69) is 28.9 Å². The number of nitrogens with zero attached hydrogens (tertiary/aromatic N) is 2. The summed E-state index contributed by atoms with van der Waals surface area (Å²) < 4.78 is 0. The fourth-order valence-electron chi connectivity index (χ4n) is 2.91. The van der Waals surface area contributed by atoms with E-state index in [9.17, 15) is 0 Å². The molecule has 2 aliphatic rings. The second-order valence-electron chi connectivity index (χ2n) is 4.84. The molecule has 2 saturated heterocycles. The molecule has 1 unspecified atom stereocenters. The molecule has 0 aromatic rings. The highest BCUT2D eigenvalue weighted by atomic mass is 15.3. The zero-order valence-corrected chi connectivity index (χ0v) is 9.99. The van der Waals surface area contributed by atoms with Crippen molar-refractivity contribution in [3.8, 4) is 0 Å². The Morgan fingerprint density at radius 3 is 2.93 bits per heavy atom. The topological polar surface area (TPSA) is 6.48 Å². The van der Waals surface area contributed by atoms with E-state index in [1.807, 2.05) is 0 Å². The van der Waals surface area contributed by atoms with E-state index in [0.717, 1.165) is 6.04 Å². The zero-order valence-electron chi connectivity index (χ0n) is 9.99. The molecule has 0 aromatic carbocycles. The van der Waals surface area contributed by atoms with Gasteiger partial charge in [-0.2, -0.15) is 0 Å². The van der Waals surface area contributed by atoms with Crippen molar-refractivity contribution >= 4 is 0 Å². The van der Waals surface area contributed by atoms with Gasteiger partial charge in [-0.25, -0.2) is 0 Å². The standard InChI is InChI=1S/C13H24N2/c1-2-3-4-8-14-9-6-11-15-10-5-7-13(15)12-14/h2-3,13H,4-12H2,1H3/b3-2+. The Morgan fingerprint density at radius 2 is 2.07 bits per heavy atom. The van der Waals surface area contributed by atoms with Gasteiger partial charge in [-0.3, -0.25) is 4.90 Å². The van der Waals surface area contributed by atoms with Gasteiger partial charge in [-0.1, -0.05) is 12.2 Å². The molecule has 0 N–H and O–H groups in total. The first-order chi connectivity index (χ1) is 7.40. The van der Waals surface area contributed by atoms with Crippen LogP contribution < -0.4 is 0 Å². The first kappa shape index (κ1) is 11.2. The number of rotatable bonds is 3. The second kappa shape index (κ2) is 5.66. The monoisotopic (exact) mass is 208 g/mol. The maximum atomic E-state index is 2.70. The molecule has 0 amide bonds. The Morgan fingerprint density at radius 1 is 1.20 bits per heavy atom. The summed E-state index contributed by atoms with van der Waals surface area (Å²) in [5, 5.41) is 0. The lowest BCUT2D eigenvalue weighted by molar-refractivity contribution is 0.222. The van der Waals surface area contributed by atoms with Crippen LogP contribution in [0.2, 0.25) is 0 Å². The number of allylic oxidation sites excluding steroid dienone is 1. The van der Waals surface area contributed by atoms with E-state index in [1.54, 1.807) is 0 Å². The predicted octanol–water partition coefficient (Wildman–Crippen LogP) is 2.12. The van der Waals surface area contributed by atoms with Crippen molar-refractivity contribution in [1.29, 1.82) is 0 Å². The molecule has 0 spiro atoms. The quantitative estimate of drug-likeness (QED) is 0.656. The van der Waals surface area contributed by atoms with Gasteiger partial charge in [0, 0.05) is 19.1 Å². The van der Waals surface area contributed by atoms with E-state index in [-0.39, 0.29) is 0 Å². The Labute approximate surface area is 93.9 Å². The van der Waals surface area contributed by atoms with Crippen LogP contribution in [0, 0.1) is 0 Å². The van der Waals surface area contributed by atoms with Gasteiger partial charge < -0.3 is 4.90 Å². The molecule has 86 valence electrons. The van der Waals surface area contributed by atoms with Crippen molar-refractivity contribution < 1.29 is 0 Å². The summed E-state index contributed by atoms with van der Waals surface area (Å²) in [7, 11) is 0. The van der Waals surface area contributed by atoms with Gasteiger partial charge in [-0.15, -0.1) is 0 Å². The summed E-state index contributed by atoms with van der Waals surface area (Å²) in [4.78, 5) is 5.37. The minimum absolute atomic E-state index is 0.873. The van der Waals surface area contributed by atoms with Gasteiger partial charge in [0.2, 0.25) is 0 Å². The van der Waals surface area contributed by atoms with Gasteiger partial charge in [-0.05, 0) is 52.2 Å². The fourth-order valence-corrected chi connectivity index (χ4v) is 2.91. The van der Waals surface area contributed by atoms with Crippen LogP contribution in [0.25, 0.3) is 0 Å². The van der Waals surface area contributed by atoms with Crippen molar-refractivity contribution in [3.63, 3.8) is 0 Å². The molecule has 2 heteroatoms. The number of hydrogen-bond donors (Lipinski definition) is 0. The summed E-state index contributed by atoms with van der Waals surface area (Å²) in [6.45, 7) is 8.69. The van der Waals surface area contributed by atoms with E-state index in [4.69, 9.17) is 0 Å². The van der Waals surface area contributed by atoms with Crippen molar-refractivity contribution in [1.82, 2.24) is 9.80 Å². The van der Waals surface area contributed by atoms with Crippen LogP contribution in [0.4, 0.5) is 0 Å². The second-order valence-corrected chi connectivity index (χ2v) is 4.84. The molecule has 2 fully saturated rings. The third kappa shape index (κ3) is 3.05. The average Bonchev–Trinajstić information content (AvgIpc) is 2.58. The molecule has 0 bridgehead atoms. The number of fused-ring (bicyclic) bond motifs is 1. The van der Waals surface area contributed by atoms with E-state index >= 15 is 0 Å². The molecule has 2 rings (SSSR count). The zero-order chi connectivity index (χ0) is 10.5. The summed E-state index contributed by atoms with van der Waals surface area (Å²) in [6.07, 6.45) is 9.90. The lowest BCUT2D eigenvalue weighted by Gasteiger charge is -2.25. The first-order valence-electron chi connectivity index (χ1n) is 6.47. The highest BCUT2D eigenvalue weighted by Crippen LogP contribution is 2.21. The Kier molecular flexibility index (Phi) is 4.21. The molecule has 2 nitrogen and oxygen atoms in total. The van der Waals surface area contributed by atoms with Crippen LogP contribution in [0.15, 0.2) is 12.2 Å². The molecule has 2 aliphatic heterocycles. The van der Waals surface area contributed by atoms with Gasteiger partial charge in [0.05, 0.1) is 0 Å². The first-order valence-corrected chi connectivity index (χ1v) is 6.47. The molecule has 0 saturated carbocycles. The van der Waals surface area contributed by atoms with Crippen LogP contribution in [0.1, 0.15) is 32.6 Å². The molecule has 1 atom stereocenters. The normalized spacial score (nSPS) is 29.5. The van der Waals surface area contributed by atoms with Crippen LogP contribution in [-0.2, 0) is 0 Å². The molecule has 2 heterocycles. The SMILES string of the molecule is C/C=C/CCN1CCCN2CCCC2C1. The molecule has 0 radical (unpaired) electrons. The van der Waals surface area contributed by atoms with E-state index in [1.165, 1.54) is 58.4 Å². The smallest absolute Gasteiger partial charge is 0.0223 e. The van der Waals surface area contributed by atoms with Gasteiger partial charge >= 0.3 is 0 Å². The van der Waals surface area contributed by atoms with Gasteiger partial charge in [0.25, 0.3) is 0 Å². The third-order valence-electron chi connectivity index (χ3n) is 3.74. The molecular weight excluding hydrogens is 184 g/mol. The molecule has 15 heavy (non-hydrogen) atoms. The van der Waals surface area contributed by atoms with E-state index < -0.39 is 0 Å². The Bertz CT molecular complexity index is 213. The van der Waals surface area contributed by atoms with Crippen LogP contribution in [-0.4, -0.2) is 48.6 Å². The molecular formula is C13H24N2. The van der Waals surface area contributed by atoms with Gasteiger partial charge in [0.1, 0.15) is 0 Å². The summed E-state index contributed by atoms with van der Waals surface area (Å²) in [5.74, 6) is 0. The maximum absolute atomic E-state index is 2.70. The minimum atomic E-state index is 0.873. The van der Waals surface area contributed by atoms with Crippen LogP contribution in [0.5, 0.6) is 0 Å². The maximum Gasteiger partial charge on any atom is 0.0223 e. The van der Waals surface area contributed by atoms with Crippen LogP contribution in [0.3, 0.4) is 0 Å². The number of hydrogen-bond acceptors (Lipinski definition) is 2. The Balaban J connectivity index is 1.80. The highest BCUT2D eigenvalue weighted by molar-refractivity contribution is 4.86. The van der Waals surface area contributed by atoms with Gasteiger partial charge in [0.15, 0.2) is 0 Å².